The first-order chi connectivity index (χ1) is 21.3. The van der Waals surface area contributed by atoms with Gasteiger partial charge >= 0.3 is 0 Å². The number of ether oxygens (including phenoxy) is 1. The molecule has 4 rings (SSSR count). The Kier molecular flexibility index (Phi) is 11.1. The topological polar surface area (TPSA) is 96.0 Å². The van der Waals surface area contributed by atoms with Crippen molar-refractivity contribution in [2.75, 3.05) is 10.8 Å². The summed E-state index contributed by atoms with van der Waals surface area (Å²) in [4.78, 5) is 28.6. The zero-order chi connectivity index (χ0) is 32.7. The van der Waals surface area contributed by atoms with E-state index in [2.05, 4.69) is 5.32 Å². The summed E-state index contributed by atoms with van der Waals surface area (Å²) in [6.07, 6.45) is 0. The average molecular weight is 669 g/mol. The highest BCUT2D eigenvalue weighted by Crippen LogP contribution is 2.29. The van der Waals surface area contributed by atoms with Crippen molar-refractivity contribution in [1.82, 2.24) is 10.2 Å². The fraction of sp³-hybridized carbons (Fsp3) is 0.235. The van der Waals surface area contributed by atoms with Gasteiger partial charge in [0.15, 0.2) is 0 Å². The summed E-state index contributed by atoms with van der Waals surface area (Å²) >= 11 is 12.3. The maximum absolute atomic E-state index is 14.1. The van der Waals surface area contributed by atoms with E-state index in [0.29, 0.717) is 27.1 Å². The molecule has 0 fully saturated rings. The first kappa shape index (κ1) is 33.8. The molecule has 0 heterocycles. The summed E-state index contributed by atoms with van der Waals surface area (Å²) in [5.41, 5.74) is 1.76. The lowest BCUT2D eigenvalue weighted by Crippen LogP contribution is -2.52. The van der Waals surface area contributed by atoms with Gasteiger partial charge in [0.1, 0.15) is 24.1 Å². The number of anilines is 1. The van der Waals surface area contributed by atoms with Crippen LogP contribution >= 0.6 is 23.2 Å². The SMILES string of the molecule is Cc1ccc(S(=O)(=O)N(CC(=O)N(Cc2ccc(Cl)c(Cl)c2)C(C)C(=O)NC(C)C)c2ccc(Oc3ccccc3)cc2)cc1. The van der Waals surface area contributed by atoms with Crippen molar-refractivity contribution in [3.05, 3.63) is 118 Å². The van der Waals surface area contributed by atoms with Crippen LogP contribution in [0.2, 0.25) is 10.0 Å². The highest BCUT2D eigenvalue weighted by atomic mass is 35.5. The summed E-state index contributed by atoms with van der Waals surface area (Å²) in [5, 5.41) is 3.47. The van der Waals surface area contributed by atoms with Gasteiger partial charge in [-0.3, -0.25) is 13.9 Å². The van der Waals surface area contributed by atoms with E-state index in [9.17, 15) is 18.0 Å². The largest absolute Gasteiger partial charge is 0.457 e. The normalized spacial score (nSPS) is 12.0. The van der Waals surface area contributed by atoms with E-state index >= 15 is 0 Å². The van der Waals surface area contributed by atoms with Gasteiger partial charge in [-0.1, -0.05) is 65.2 Å². The number of sulfonamides is 1. The van der Waals surface area contributed by atoms with E-state index in [1.54, 1.807) is 73.7 Å². The maximum atomic E-state index is 14.1. The predicted molar refractivity (Wildman–Crippen MR) is 178 cm³/mol. The second-order valence-electron chi connectivity index (χ2n) is 10.8. The van der Waals surface area contributed by atoms with Crippen molar-refractivity contribution >= 4 is 50.7 Å². The van der Waals surface area contributed by atoms with Crippen LogP contribution < -0.4 is 14.4 Å². The molecule has 0 aliphatic rings. The van der Waals surface area contributed by atoms with Gasteiger partial charge in [-0.25, -0.2) is 8.42 Å². The Bertz CT molecular complexity index is 1730. The van der Waals surface area contributed by atoms with Crippen molar-refractivity contribution in [2.24, 2.45) is 0 Å². The van der Waals surface area contributed by atoms with Gasteiger partial charge in [0, 0.05) is 12.6 Å². The number of para-hydroxylation sites is 1. The third-order valence-electron chi connectivity index (χ3n) is 6.93. The van der Waals surface area contributed by atoms with E-state index in [1.165, 1.54) is 17.0 Å². The summed E-state index contributed by atoms with van der Waals surface area (Å²) in [6, 6.07) is 25.8. The number of rotatable bonds is 12. The van der Waals surface area contributed by atoms with E-state index in [4.69, 9.17) is 27.9 Å². The van der Waals surface area contributed by atoms with Gasteiger partial charge in [-0.2, -0.15) is 0 Å². The van der Waals surface area contributed by atoms with Gasteiger partial charge in [0.25, 0.3) is 10.0 Å². The van der Waals surface area contributed by atoms with Crippen LogP contribution in [0.1, 0.15) is 31.9 Å². The lowest BCUT2D eigenvalue weighted by molar-refractivity contribution is -0.139. The third-order valence-corrected chi connectivity index (χ3v) is 9.45. The molecule has 2 amide bonds. The van der Waals surface area contributed by atoms with Crippen molar-refractivity contribution in [3.8, 4) is 11.5 Å². The van der Waals surface area contributed by atoms with E-state index in [1.807, 2.05) is 39.0 Å². The summed E-state index contributed by atoms with van der Waals surface area (Å²) in [6.45, 7) is 6.50. The quantitative estimate of drug-likeness (QED) is 0.172. The van der Waals surface area contributed by atoms with Crippen LogP contribution in [0.25, 0.3) is 0 Å². The number of carbonyl (C=O) groups excluding carboxylic acids is 2. The molecule has 236 valence electrons. The molecular formula is C34H35Cl2N3O5S. The number of benzene rings is 4. The summed E-state index contributed by atoms with van der Waals surface area (Å²) in [5.74, 6) is 0.141. The van der Waals surface area contributed by atoms with Gasteiger partial charge < -0.3 is 15.0 Å². The molecule has 0 saturated heterocycles. The van der Waals surface area contributed by atoms with Crippen LogP contribution in [0, 0.1) is 6.92 Å². The van der Waals surface area contributed by atoms with Gasteiger partial charge in [-0.05, 0) is 93.9 Å². The Morgan fingerprint density at radius 2 is 1.44 bits per heavy atom. The molecule has 11 heteroatoms. The molecule has 8 nitrogen and oxygen atoms in total. The zero-order valence-corrected chi connectivity index (χ0v) is 27.7. The number of hydrogen-bond donors (Lipinski definition) is 1. The van der Waals surface area contributed by atoms with Crippen molar-refractivity contribution in [2.45, 2.75) is 51.2 Å². The molecule has 4 aromatic carbocycles. The van der Waals surface area contributed by atoms with Crippen molar-refractivity contribution in [1.29, 1.82) is 0 Å². The Labute approximate surface area is 274 Å². The molecule has 0 spiro atoms. The molecule has 0 bridgehead atoms. The molecule has 1 N–H and O–H groups in total. The van der Waals surface area contributed by atoms with Crippen molar-refractivity contribution in [3.63, 3.8) is 0 Å². The zero-order valence-electron chi connectivity index (χ0n) is 25.4. The fourth-order valence-corrected chi connectivity index (χ4v) is 6.23. The van der Waals surface area contributed by atoms with Gasteiger partial charge in [-0.15, -0.1) is 0 Å². The molecule has 0 aromatic heterocycles. The van der Waals surface area contributed by atoms with E-state index in [-0.39, 0.29) is 29.1 Å². The molecular weight excluding hydrogens is 633 g/mol. The molecule has 45 heavy (non-hydrogen) atoms. The van der Waals surface area contributed by atoms with Crippen LogP contribution in [0.15, 0.2) is 102 Å². The van der Waals surface area contributed by atoms with Crippen LogP contribution in [0.4, 0.5) is 5.69 Å². The number of nitrogens with zero attached hydrogens (tertiary/aromatic N) is 2. The number of aryl methyl sites for hydroxylation is 1. The molecule has 1 atom stereocenters. The van der Waals surface area contributed by atoms with Crippen LogP contribution in [0.3, 0.4) is 0 Å². The fourth-order valence-electron chi connectivity index (χ4n) is 4.49. The minimum atomic E-state index is -4.22. The third kappa shape index (κ3) is 8.78. The molecule has 4 aromatic rings. The number of carbonyl (C=O) groups is 2. The number of nitrogens with one attached hydrogen (secondary N) is 1. The van der Waals surface area contributed by atoms with Crippen LogP contribution in [0.5, 0.6) is 11.5 Å². The Morgan fingerprint density at radius 3 is 2.04 bits per heavy atom. The molecule has 0 aliphatic carbocycles. The van der Waals surface area contributed by atoms with E-state index < -0.39 is 28.5 Å². The van der Waals surface area contributed by atoms with Crippen molar-refractivity contribution < 1.29 is 22.7 Å². The lowest BCUT2D eigenvalue weighted by Gasteiger charge is -2.32. The monoisotopic (exact) mass is 667 g/mol. The molecule has 0 aliphatic heterocycles. The molecule has 1 unspecified atom stereocenters. The second kappa shape index (κ2) is 14.8. The smallest absolute Gasteiger partial charge is 0.264 e. The summed E-state index contributed by atoms with van der Waals surface area (Å²) in [7, 11) is -4.22. The summed E-state index contributed by atoms with van der Waals surface area (Å²) < 4.78 is 35.1. The second-order valence-corrected chi connectivity index (χ2v) is 13.5. The number of hydrogen-bond acceptors (Lipinski definition) is 5. The maximum Gasteiger partial charge on any atom is 0.264 e. The minimum absolute atomic E-state index is 0.00925. The van der Waals surface area contributed by atoms with Crippen LogP contribution in [-0.2, 0) is 26.2 Å². The molecule has 0 saturated carbocycles. The minimum Gasteiger partial charge on any atom is -0.457 e. The number of halogens is 2. The predicted octanol–water partition coefficient (Wildman–Crippen LogP) is 7.23. The highest BCUT2D eigenvalue weighted by Gasteiger charge is 2.33. The first-order valence-electron chi connectivity index (χ1n) is 14.3. The standard InChI is InChI=1S/C34H35Cl2N3O5S/c1-23(2)37-34(41)25(4)38(21-26-12-19-31(35)32(36)20-26)33(40)22-39(45(42,43)30-17-10-24(3)11-18-30)27-13-15-29(16-14-27)44-28-8-6-5-7-9-28/h5-20,23,25H,21-22H2,1-4H3,(H,37,41). The average Bonchev–Trinajstić information content (AvgIpc) is 3.00. The first-order valence-corrected chi connectivity index (χ1v) is 16.5. The Balaban J connectivity index is 1.71. The Hall–Kier alpha value is -4.05. The van der Waals surface area contributed by atoms with Gasteiger partial charge in [0.05, 0.1) is 20.6 Å². The number of amides is 2. The van der Waals surface area contributed by atoms with Gasteiger partial charge in [0.2, 0.25) is 11.8 Å². The van der Waals surface area contributed by atoms with Crippen LogP contribution in [-0.4, -0.2) is 43.8 Å². The molecule has 0 radical (unpaired) electrons. The highest BCUT2D eigenvalue weighted by molar-refractivity contribution is 7.92. The lowest BCUT2D eigenvalue weighted by atomic mass is 10.1. The van der Waals surface area contributed by atoms with E-state index in [0.717, 1.165) is 9.87 Å². The Morgan fingerprint density at radius 1 is 0.822 bits per heavy atom.